The minimum Gasteiger partial charge on any atom is -0.323 e. The summed E-state index contributed by atoms with van der Waals surface area (Å²) in [5.74, 6) is 0. The van der Waals surface area contributed by atoms with Crippen molar-refractivity contribution >= 4 is 15.2 Å². The van der Waals surface area contributed by atoms with Gasteiger partial charge in [-0.1, -0.05) is 70.6 Å². The molecule has 1 heterocycles. The van der Waals surface area contributed by atoms with Gasteiger partial charge in [-0.2, -0.15) is 0 Å². The van der Waals surface area contributed by atoms with Gasteiger partial charge in [0.2, 0.25) is 5.02 Å². The van der Waals surface area contributed by atoms with Crippen LogP contribution in [-0.4, -0.2) is 31.1 Å². The van der Waals surface area contributed by atoms with Gasteiger partial charge in [-0.05, 0) is 19.4 Å². The van der Waals surface area contributed by atoms with Gasteiger partial charge in [0.1, 0.15) is 0 Å². The second kappa shape index (κ2) is 10.4. The van der Waals surface area contributed by atoms with Crippen LogP contribution in [0.25, 0.3) is 0 Å². The lowest BCUT2D eigenvalue weighted by Crippen LogP contribution is -2.45. The molecule has 9 heteroatoms. The largest absolute Gasteiger partial charge is 0.357 e. The lowest BCUT2D eigenvalue weighted by atomic mass is 10.0. The van der Waals surface area contributed by atoms with Crippen molar-refractivity contribution in [2.45, 2.75) is 88.5 Å². The summed E-state index contributed by atoms with van der Waals surface area (Å²) in [7, 11) is -10.0. The molecule has 0 aromatic rings. The van der Waals surface area contributed by atoms with Gasteiger partial charge < -0.3 is 19.6 Å². The van der Waals surface area contributed by atoms with Gasteiger partial charge in [0.05, 0.1) is 0 Å². The van der Waals surface area contributed by atoms with E-state index in [0.717, 1.165) is 44.9 Å². The monoisotopic (exact) mass is 385 g/mol. The van der Waals surface area contributed by atoms with E-state index in [4.69, 9.17) is 0 Å². The van der Waals surface area contributed by atoms with Crippen LogP contribution in [0.5, 0.6) is 0 Å². The molecule has 5 N–H and O–H groups in total. The van der Waals surface area contributed by atoms with Crippen molar-refractivity contribution in [3.05, 3.63) is 0 Å². The Balaban J connectivity index is 2.81. The van der Waals surface area contributed by atoms with Crippen LogP contribution in [0.15, 0.2) is 0 Å². The van der Waals surface area contributed by atoms with E-state index >= 15 is 0 Å². The third-order valence-corrected chi connectivity index (χ3v) is 9.08. The molecule has 0 amide bonds. The van der Waals surface area contributed by atoms with Gasteiger partial charge in [-0.3, -0.25) is 14.4 Å². The maximum Gasteiger partial charge on any atom is 0.357 e. The predicted molar refractivity (Wildman–Crippen MR) is 94.8 cm³/mol. The summed E-state index contributed by atoms with van der Waals surface area (Å²) in [6, 6.07) is 0. The topological polar surface area (TPSA) is 127 Å². The standard InChI is InChI=1S/C15H33NO6P2/c17-23(18,19)15(24(20,21)22)13-11-9-7-5-3-1-2-4-6-8-10-12-14-16-15/h16H,1-14H2,(H2,17,18,19)(H2,20,21,22). The highest BCUT2D eigenvalue weighted by Crippen LogP contribution is 2.69. The number of nitrogens with one attached hydrogen (secondary N) is 1. The first-order valence-electron chi connectivity index (χ1n) is 9.07. The maximum absolute atomic E-state index is 11.9. The van der Waals surface area contributed by atoms with Gasteiger partial charge in [-0.15, -0.1) is 0 Å². The molecule has 1 fully saturated rings. The molecule has 0 aromatic heterocycles. The van der Waals surface area contributed by atoms with Crippen LogP contribution in [0, 0.1) is 0 Å². The summed E-state index contributed by atoms with van der Waals surface area (Å²) >= 11 is 0. The van der Waals surface area contributed by atoms with Gasteiger partial charge in [-0.25, -0.2) is 0 Å². The third-order valence-electron chi connectivity index (χ3n) is 4.82. The van der Waals surface area contributed by atoms with Crippen molar-refractivity contribution < 1.29 is 28.7 Å². The molecule has 1 rings (SSSR count). The Bertz CT molecular complexity index is 407. The van der Waals surface area contributed by atoms with Gasteiger partial charge >= 0.3 is 15.2 Å². The zero-order valence-electron chi connectivity index (χ0n) is 14.4. The van der Waals surface area contributed by atoms with E-state index in [2.05, 4.69) is 5.32 Å². The van der Waals surface area contributed by atoms with E-state index < -0.39 is 20.2 Å². The summed E-state index contributed by atoms with van der Waals surface area (Å²) in [4.78, 5) is 38.7. The Morgan fingerprint density at radius 3 is 1.29 bits per heavy atom. The zero-order chi connectivity index (χ0) is 18.1. The summed E-state index contributed by atoms with van der Waals surface area (Å²) < 4.78 is 23.9. The average Bonchev–Trinajstić information content (AvgIpc) is 2.44. The first-order valence-corrected chi connectivity index (χ1v) is 12.3. The molecule has 1 saturated heterocycles. The summed E-state index contributed by atoms with van der Waals surface area (Å²) in [6.45, 7) is 0.205. The van der Waals surface area contributed by atoms with E-state index in [0.29, 0.717) is 12.8 Å². The molecule has 144 valence electrons. The van der Waals surface area contributed by atoms with E-state index in [-0.39, 0.29) is 13.0 Å². The predicted octanol–water partition coefficient (Wildman–Crippen LogP) is 3.67. The lowest BCUT2D eigenvalue weighted by molar-refractivity contribution is 0.276. The number of rotatable bonds is 2. The van der Waals surface area contributed by atoms with Crippen molar-refractivity contribution in [1.29, 1.82) is 0 Å². The molecule has 7 nitrogen and oxygen atoms in total. The molecule has 1 aliphatic heterocycles. The minimum atomic E-state index is -5.01. The normalized spacial score (nSPS) is 23.7. The highest BCUT2D eigenvalue weighted by Gasteiger charge is 2.59. The summed E-state index contributed by atoms with van der Waals surface area (Å²) in [5.41, 5.74) is 0. The molecular weight excluding hydrogens is 352 g/mol. The van der Waals surface area contributed by atoms with E-state index in [1.54, 1.807) is 0 Å². The summed E-state index contributed by atoms with van der Waals surface area (Å²) in [6.07, 6.45) is 11.5. The molecule has 0 aromatic carbocycles. The Morgan fingerprint density at radius 2 is 0.917 bits per heavy atom. The molecule has 0 radical (unpaired) electrons. The quantitative estimate of drug-likeness (QED) is 0.459. The van der Waals surface area contributed by atoms with Gasteiger partial charge in [0.15, 0.2) is 0 Å². The van der Waals surface area contributed by atoms with Crippen LogP contribution in [-0.2, 0) is 9.13 Å². The molecule has 0 atom stereocenters. The molecule has 24 heavy (non-hydrogen) atoms. The molecule has 0 spiro atoms. The molecule has 1 aliphatic rings. The van der Waals surface area contributed by atoms with Crippen molar-refractivity contribution in [3.8, 4) is 0 Å². The zero-order valence-corrected chi connectivity index (χ0v) is 16.2. The fourth-order valence-electron chi connectivity index (χ4n) is 3.31. The second-order valence-corrected chi connectivity index (χ2v) is 10.9. The van der Waals surface area contributed by atoms with Crippen LogP contribution in [0.1, 0.15) is 83.5 Å². The van der Waals surface area contributed by atoms with Gasteiger partial charge in [0.25, 0.3) is 0 Å². The van der Waals surface area contributed by atoms with Crippen LogP contribution in [0.3, 0.4) is 0 Å². The van der Waals surface area contributed by atoms with E-state index in [9.17, 15) is 28.7 Å². The second-order valence-electron chi connectivity index (χ2n) is 6.82. The summed E-state index contributed by atoms with van der Waals surface area (Å²) in [5, 5.41) is 0.135. The van der Waals surface area contributed by atoms with Crippen molar-refractivity contribution in [2.75, 3.05) is 6.54 Å². The van der Waals surface area contributed by atoms with E-state index in [1.807, 2.05) is 0 Å². The fourth-order valence-corrected chi connectivity index (χ4v) is 6.20. The SMILES string of the molecule is O=P(O)(O)C1(P(=O)(O)O)CCCCCCCCCCCCCCN1. The fraction of sp³-hybridized carbons (Fsp3) is 1.00. The van der Waals surface area contributed by atoms with Crippen molar-refractivity contribution in [1.82, 2.24) is 5.32 Å². The molecule has 0 saturated carbocycles. The molecular formula is C15H33NO6P2. The van der Waals surface area contributed by atoms with Crippen LogP contribution in [0.4, 0.5) is 0 Å². The minimum absolute atomic E-state index is 0.205. The van der Waals surface area contributed by atoms with Crippen LogP contribution in [0.2, 0.25) is 0 Å². The number of hydrogen-bond acceptors (Lipinski definition) is 3. The Kier molecular flexibility index (Phi) is 9.68. The Hall–Kier alpha value is 0.260. The Labute approximate surface area is 144 Å². The average molecular weight is 385 g/mol. The Morgan fingerprint density at radius 1 is 0.583 bits per heavy atom. The highest BCUT2D eigenvalue weighted by molar-refractivity contribution is 7.72. The number of hydrogen-bond donors (Lipinski definition) is 5. The van der Waals surface area contributed by atoms with E-state index in [1.165, 1.54) is 19.3 Å². The third kappa shape index (κ3) is 6.87. The van der Waals surface area contributed by atoms with Crippen molar-refractivity contribution in [3.63, 3.8) is 0 Å². The van der Waals surface area contributed by atoms with Crippen molar-refractivity contribution in [2.24, 2.45) is 0 Å². The molecule has 0 bridgehead atoms. The highest BCUT2D eigenvalue weighted by atomic mass is 31.2. The maximum atomic E-state index is 11.9. The molecule has 0 unspecified atom stereocenters. The first kappa shape index (κ1) is 22.3. The van der Waals surface area contributed by atoms with Crippen LogP contribution < -0.4 is 5.32 Å². The lowest BCUT2D eigenvalue weighted by Gasteiger charge is -2.35. The van der Waals surface area contributed by atoms with Gasteiger partial charge in [0, 0.05) is 0 Å². The van der Waals surface area contributed by atoms with Crippen LogP contribution >= 0.6 is 15.2 Å². The first-order chi connectivity index (χ1) is 11.2. The molecule has 0 aliphatic carbocycles. The smallest absolute Gasteiger partial charge is 0.323 e.